The molecule has 244 valence electrons. The first-order valence-corrected chi connectivity index (χ1v) is 15.6. The summed E-state index contributed by atoms with van der Waals surface area (Å²) in [5, 5.41) is 3.60. The topological polar surface area (TPSA) is 65.4 Å². The third-order valence-electron chi connectivity index (χ3n) is 8.81. The van der Waals surface area contributed by atoms with Crippen LogP contribution in [0.25, 0.3) is 11.0 Å². The summed E-state index contributed by atoms with van der Waals surface area (Å²) < 4.78 is 27.9. The van der Waals surface area contributed by atoms with E-state index in [0.717, 1.165) is 47.4 Å². The third-order valence-corrected chi connectivity index (χ3v) is 8.81. The molecular weight excluding hydrogens is 612 g/mol. The molecule has 0 saturated carbocycles. The number of carbonyl (C=O) groups excluding carboxylic acids is 1. The Morgan fingerprint density at radius 2 is 1.80 bits per heavy atom. The van der Waals surface area contributed by atoms with E-state index in [0.29, 0.717) is 32.4 Å². The molecule has 0 saturated heterocycles. The lowest BCUT2D eigenvalue weighted by Gasteiger charge is -2.46. The maximum absolute atomic E-state index is 14.1. The van der Waals surface area contributed by atoms with Crippen molar-refractivity contribution in [3.05, 3.63) is 101 Å². The van der Waals surface area contributed by atoms with Crippen molar-refractivity contribution in [3.8, 4) is 0 Å². The molecule has 0 fully saturated rings. The van der Waals surface area contributed by atoms with Crippen molar-refractivity contribution in [2.24, 2.45) is 13.0 Å². The van der Waals surface area contributed by atoms with Crippen LogP contribution in [-0.2, 0) is 40.6 Å². The average Bonchev–Trinajstić information content (AvgIpc) is 3.31. The van der Waals surface area contributed by atoms with E-state index in [1.807, 2.05) is 25.1 Å². The van der Waals surface area contributed by atoms with E-state index in [1.54, 1.807) is 6.07 Å². The molecule has 1 N–H and O–H groups in total. The van der Waals surface area contributed by atoms with E-state index in [9.17, 15) is 9.18 Å². The number of fused-ring (bicyclic) bond motifs is 2. The van der Waals surface area contributed by atoms with Crippen molar-refractivity contribution >= 4 is 41.8 Å². The molecule has 1 aliphatic carbocycles. The number of esters is 1. The lowest BCUT2D eigenvalue weighted by atomic mass is 9.65. The van der Waals surface area contributed by atoms with Gasteiger partial charge >= 0.3 is 5.97 Å². The molecule has 0 radical (unpaired) electrons. The van der Waals surface area contributed by atoms with E-state index in [1.165, 1.54) is 17.2 Å². The number of benzene rings is 3. The molecule has 5 rings (SSSR count). The van der Waals surface area contributed by atoms with Gasteiger partial charge in [0.05, 0.1) is 11.0 Å². The second kappa shape index (κ2) is 16.5. The standard InChI is InChI=1S/C36H44FN3O3.2ClH/c1-5-42-24-34(41)43-36(18-16-28-23-29(37)14-15-30(28)35(36)25(2)3)19-21-38-20-17-26-10-12-27(13-11-26)22-33-39-31-8-6-7-9-32(31)40(33)4;;/h6-15,23,25,35,38H,5,16-22,24H2,1-4H3;2*1H/t35-,36-;;/m0../s1. The molecule has 1 aliphatic rings. The Hall–Kier alpha value is -2.97. The number of para-hydroxylation sites is 2. The number of nitrogens with zero attached hydrogens (tertiary/aromatic N) is 2. The number of ether oxygens (including phenoxy) is 2. The fourth-order valence-electron chi connectivity index (χ4n) is 6.75. The quantitative estimate of drug-likeness (QED) is 0.120. The molecule has 0 spiro atoms. The van der Waals surface area contributed by atoms with Gasteiger partial charge in [0.1, 0.15) is 23.8 Å². The van der Waals surface area contributed by atoms with Crippen LogP contribution in [-0.4, -0.2) is 47.4 Å². The predicted molar refractivity (Wildman–Crippen MR) is 183 cm³/mol. The molecule has 2 atom stereocenters. The van der Waals surface area contributed by atoms with E-state index >= 15 is 0 Å². The first kappa shape index (κ1) is 36.5. The highest BCUT2D eigenvalue weighted by atomic mass is 35.5. The van der Waals surface area contributed by atoms with Gasteiger partial charge in [0.15, 0.2) is 0 Å². The van der Waals surface area contributed by atoms with E-state index in [4.69, 9.17) is 14.5 Å². The van der Waals surface area contributed by atoms with Gasteiger partial charge in [-0.1, -0.05) is 56.3 Å². The number of nitrogens with one attached hydrogen (secondary N) is 1. The zero-order valence-corrected chi connectivity index (χ0v) is 28.3. The summed E-state index contributed by atoms with van der Waals surface area (Å²) in [4.78, 5) is 17.7. The summed E-state index contributed by atoms with van der Waals surface area (Å²) in [7, 11) is 2.07. The van der Waals surface area contributed by atoms with Crippen LogP contribution < -0.4 is 5.32 Å². The summed E-state index contributed by atoms with van der Waals surface area (Å²) in [6, 6.07) is 22.0. The molecule has 0 amide bonds. The van der Waals surface area contributed by atoms with Crippen LogP contribution in [0.5, 0.6) is 0 Å². The minimum atomic E-state index is -0.669. The lowest BCUT2D eigenvalue weighted by Crippen LogP contribution is -2.49. The fourth-order valence-corrected chi connectivity index (χ4v) is 6.75. The van der Waals surface area contributed by atoms with Crippen LogP contribution in [0.2, 0.25) is 0 Å². The Kier molecular flexibility index (Phi) is 13.4. The largest absolute Gasteiger partial charge is 0.457 e. The van der Waals surface area contributed by atoms with Gasteiger partial charge in [0, 0.05) is 32.4 Å². The van der Waals surface area contributed by atoms with Crippen LogP contribution in [0.3, 0.4) is 0 Å². The van der Waals surface area contributed by atoms with Crippen LogP contribution in [0, 0.1) is 11.7 Å². The SMILES string of the molecule is CCOCC(=O)O[C@]1(CCNCCc2ccc(Cc3nc4ccccc4n3C)cc2)CCc2cc(F)ccc2[C@@H]1C(C)C.Cl.Cl. The number of hydrogen-bond acceptors (Lipinski definition) is 5. The smallest absolute Gasteiger partial charge is 0.332 e. The van der Waals surface area contributed by atoms with Gasteiger partial charge in [-0.3, -0.25) is 0 Å². The van der Waals surface area contributed by atoms with Gasteiger partial charge in [0.25, 0.3) is 0 Å². The summed E-state index contributed by atoms with van der Waals surface area (Å²) >= 11 is 0. The van der Waals surface area contributed by atoms with E-state index in [-0.39, 0.29) is 55.0 Å². The minimum absolute atomic E-state index is 0. The molecule has 0 bridgehead atoms. The predicted octanol–water partition coefficient (Wildman–Crippen LogP) is 7.37. The normalized spacial score (nSPS) is 17.4. The van der Waals surface area contributed by atoms with Gasteiger partial charge < -0.3 is 19.4 Å². The van der Waals surface area contributed by atoms with Crippen molar-refractivity contribution < 1.29 is 18.7 Å². The van der Waals surface area contributed by atoms with Crippen LogP contribution in [0.15, 0.2) is 66.7 Å². The number of rotatable bonds is 13. The molecule has 6 nitrogen and oxygen atoms in total. The highest BCUT2D eigenvalue weighted by Gasteiger charge is 2.47. The van der Waals surface area contributed by atoms with E-state index in [2.05, 4.69) is 67.2 Å². The highest BCUT2D eigenvalue weighted by molar-refractivity contribution is 5.85. The van der Waals surface area contributed by atoms with Gasteiger partial charge in [-0.15, -0.1) is 24.8 Å². The Bertz CT molecular complexity index is 1540. The number of imidazole rings is 1. The second-order valence-corrected chi connectivity index (χ2v) is 12.1. The maximum atomic E-state index is 14.1. The van der Waals surface area contributed by atoms with Crippen molar-refractivity contribution in [3.63, 3.8) is 0 Å². The lowest BCUT2D eigenvalue weighted by molar-refractivity contribution is -0.172. The van der Waals surface area contributed by atoms with Crippen molar-refractivity contribution in [2.45, 2.75) is 64.4 Å². The number of aryl methyl sites for hydroxylation is 2. The first-order valence-electron chi connectivity index (χ1n) is 15.6. The molecule has 0 aliphatic heterocycles. The van der Waals surface area contributed by atoms with Crippen molar-refractivity contribution in [1.29, 1.82) is 0 Å². The minimum Gasteiger partial charge on any atom is -0.457 e. The maximum Gasteiger partial charge on any atom is 0.332 e. The monoisotopic (exact) mass is 657 g/mol. The van der Waals surface area contributed by atoms with E-state index < -0.39 is 5.60 Å². The second-order valence-electron chi connectivity index (χ2n) is 12.1. The van der Waals surface area contributed by atoms with Crippen molar-refractivity contribution in [2.75, 3.05) is 26.3 Å². The summed E-state index contributed by atoms with van der Waals surface area (Å²) in [6.07, 6.45) is 3.72. The van der Waals surface area contributed by atoms with Crippen LogP contribution in [0.4, 0.5) is 4.39 Å². The zero-order chi connectivity index (χ0) is 30.4. The van der Waals surface area contributed by atoms with Crippen molar-refractivity contribution in [1.82, 2.24) is 14.9 Å². The first-order chi connectivity index (χ1) is 20.8. The molecule has 4 aromatic rings. The molecule has 1 heterocycles. The summed E-state index contributed by atoms with van der Waals surface area (Å²) in [6.45, 7) is 8.11. The number of aromatic nitrogens is 2. The Morgan fingerprint density at radius 1 is 1.07 bits per heavy atom. The highest BCUT2D eigenvalue weighted by Crippen LogP contribution is 2.48. The fraction of sp³-hybridized carbons (Fsp3) is 0.444. The Labute approximate surface area is 278 Å². The number of halogens is 3. The van der Waals surface area contributed by atoms with Gasteiger partial charge in [-0.25, -0.2) is 14.2 Å². The molecule has 3 aromatic carbocycles. The van der Waals surface area contributed by atoms with Gasteiger partial charge in [-0.2, -0.15) is 0 Å². The summed E-state index contributed by atoms with van der Waals surface area (Å²) in [5.41, 5.74) is 6.12. The zero-order valence-electron chi connectivity index (χ0n) is 26.7. The third kappa shape index (κ3) is 8.64. The molecule has 1 aromatic heterocycles. The Balaban J connectivity index is 0.00000276. The summed E-state index contributed by atoms with van der Waals surface area (Å²) in [5.74, 6) is 0.695. The number of hydrogen-bond donors (Lipinski definition) is 1. The molecule has 9 heteroatoms. The van der Waals surface area contributed by atoms with Gasteiger partial charge in [-0.05, 0) is 91.7 Å². The molecular formula is C36H46Cl2FN3O3. The molecule has 45 heavy (non-hydrogen) atoms. The Morgan fingerprint density at radius 3 is 2.51 bits per heavy atom. The molecule has 0 unspecified atom stereocenters. The van der Waals surface area contributed by atoms with Crippen LogP contribution >= 0.6 is 24.8 Å². The van der Waals surface area contributed by atoms with Crippen LogP contribution in [0.1, 0.15) is 67.6 Å². The average molecular weight is 659 g/mol. The van der Waals surface area contributed by atoms with Gasteiger partial charge in [0.2, 0.25) is 0 Å². The number of carbonyl (C=O) groups is 1.